The number of fused-ring (bicyclic) bond motifs is 1. The van der Waals surface area contributed by atoms with Crippen molar-refractivity contribution in [3.05, 3.63) is 42.7 Å². The molecule has 1 amide bonds. The maximum Gasteiger partial charge on any atom is 0.264 e. The minimum atomic E-state index is -0.606. The van der Waals surface area contributed by atoms with Crippen molar-refractivity contribution in [2.75, 3.05) is 24.6 Å². The van der Waals surface area contributed by atoms with Crippen LogP contribution < -0.4 is 19.7 Å². The first kappa shape index (κ1) is 15.7. The Balaban J connectivity index is 1.30. The Hall–Kier alpha value is -2.83. The number of para-hydroxylation sites is 2. The van der Waals surface area contributed by atoms with Gasteiger partial charge in [0.1, 0.15) is 6.61 Å². The zero-order chi connectivity index (χ0) is 17.1. The number of amides is 1. The van der Waals surface area contributed by atoms with E-state index in [0.717, 1.165) is 31.9 Å². The van der Waals surface area contributed by atoms with Crippen LogP contribution in [0.5, 0.6) is 11.5 Å². The van der Waals surface area contributed by atoms with Gasteiger partial charge in [-0.25, -0.2) is 9.97 Å². The van der Waals surface area contributed by atoms with E-state index in [1.165, 1.54) is 0 Å². The Morgan fingerprint density at radius 2 is 1.80 bits per heavy atom. The van der Waals surface area contributed by atoms with Gasteiger partial charge in [0, 0.05) is 31.5 Å². The van der Waals surface area contributed by atoms with Gasteiger partial charge >= 0.3 is 0 Å². The van der Waals surface area contributed by atoms with E-state index in [9.17, 15) is 4.79 Å². The molecule has 0 bridgehead atoms. The van der Waals surface area contributed by atoms with Gasteiger partial charge in [0.2, 0.25) is 12.1 Å². The first-order valence-corrected chi connectivity index (χ1v) is 8.50. The minimum Gasteiger partial charge on any atom is -0.485 e. The molecule has 0 spiro atoms. The first-order valence-electron chi connectivity index (χ1n) is 8.50. The summed E-state index contributed by atoms with van der Waals surface area (Å²) in [4.78, 5) is 23.2. The number of ether oxygens (including phenoxy) is 2. The van der Waals surface area contributed by atoms with Crippen molar-refractivity contribution in [2.45, 2.75) is 25.0 Å². The van der Waals surface area contributed by atoms with Gasteiger partial charge in [-0.2, -0.15) is 0 Å². The molecule has 4 rings (SSSR count). The molecule has 0 aliphatic carbocycles. The largest absolute Gasteiger partial charge is 0.485 e. The fourth-order valence-corrected chi connectivity index (χ4v) is 3.12. The van der Waals surface area contributed by atoms with Gasteiger partial charge < -0.3 is 19.7 Å². The second kappa shape index (κ2) is 6.96. The summed E-state index contributed by atoms with van der Waals surface area (Å²) in [7, 11) is 0. The van der Waals surface area contributed by atoms with Crippen LogP contribution in [0, 0.1) is 0 Å². The average molecular weight is 340 g/mol. The maximum atomic E-state index is 12.5. The molecule has 1 fully saturated rings. The molecule has 2 aliphatic heterocycles. The van der Waals surface area contributed by atoms with Crippen LogP contribution in [-0.2, 0) is 4.79 Å². The summed E-state index contributed by atoms with van der Waals surface area (Å²) in [6, 6.07) is 9.34. The Kier molecular flexibility index (Phi) is 4.37. The van der Waals surface area contributed by atoms with Crippen molar-refractivity contribution < 1.29 is 14.3 Å². The van der Waals surface area contributed by atoms with Crippen LogP contribution in [0.4, 0.5) is 5.95 Å². The van der Waals surface area contributed by atoms with Gasteiger partial charge in [-0.05, 0) is 31.0 Å². The second-order valence-corrected chi connectivity index (χ2v) is 6.18. The Morgan fingerprint density at radius 3 is 2.56 bits per heavy atom. The lowest BCUT2D eigenvalue weighted by molar-refractivity contribution is -0.131. The monoisotopic (exact) mass is 340 g/mol. The van der Waals surface area contributed by atoms with E-state index in [0.29, 0.717) is 11.5 Å². The van der Waals surface area contributed by atoms with Crippen LogP contribution in [-0.4, -0.2) is 47.7 Å². The van der Waals surface area contributed by atoms with Crippen LogP contribution in [0.1, 0.15) is 12.8 Å². The van der Waals surface area contributed by atoms with E-state index in [1.807, 2.05) is 24.3 Å². The number of hydrogen-bond acceptors (Lipinski definition) is 6. The summed E-state index contributed by atoms with van der Waals surface area (Å²) < 4.78 is 11.4. The van der Waals surface area contributed by atoms with Crippen molar-refractivity contribution >= 4 is 11.9 Å². The standard InChI is InChI=1S/C18H20N4O3/c23-17(16-12-24-14-4-1-2-5-15(14)25-16)21-13-6-10-22(11-7-13)18-19-8-3-9-20-18/h1-5,8-9,13,16H,6-7,10-12H2,(H,21,23)/t16-/m1/s1. The van der Waals surface area contributed by atoms with Crippen molar-refractivity contribution in [1.29, 1.82) is 0 Å². The zero-order valence-electron chi connectivity index (χ0n) is 13.8. The smallest absolute Gasteiger partial charge is 0.264 e. The van der Waals surface area contributed by atoms with Gasteiger partial charge in [0.15, 0.2) is 11.5 Å². The number of benzene rings is 1. The molecule has 7 heteroatoms. The van der Waals surface area contributed by atoms with Crippen LogP contribution >= 0.6 is 0 Å². The van der Waals surface area contributed by atoms with E-state index in [4.69, 9.17) is 9.47 Å². The maximum absolute atomic E-state index is 12.5. The van der Waals surface area contributed by atoms with Crippen LogP contribution in [0.2, 0.25) is 0 Å². The SMILES string of the molecule is O=C(NC1CCN(c2ncccn2)CC1)[C@H]1COc2ccccc2O1. The summed E-state index contributed by atoms with van der Waals surface area (Å²) in [6.07, 6.45) is 4.59. The molecule has 1 aromatic carbocycles. The lowest BCUT2D eigenvalue weighted by Crippen LogP contribution is -2.51. The molecule has 1 N–H and O–H groups in total. The molecular formula is C18H20N4O3. The number of nitrogens with zero attached hydrogens (tertiary/aromatic N) is 3. The van der Waals surface area contributed by atoms with Gasteiger partial charge in [0.25, 0.3) is 5.91 Å². The zero-order valence-corrected chi connectivity index (χ0v) is 13.8. The van der Waals surface area contributed by atoms with Crippen LogP contribution in [0.15, 0.2) is 42.7 Å². The third-order valence-electron chi connectivity index (χ3n) is 4.48. The third kappa shape index (κ3) is 3.50. The van der Waals surface area contributed by atoms with E-state index in [-0.39, 0.29) is 18.6 Å². The Labute approximate surface area is 146 Å². The molecule has 3 heterocycles. The van der Waals surface area contributed by atoms with Crippen molar-refractivity contribution in [3.63, 3.8) is 0 Å². The van der Waals surface area contributed by atoms with E-state index in [2.05, 4.69) is 20.2 Å². The molecule has 2 aromatic rings. The first-order chi connectivity index (χ1) is 12.3. The fraction of sp³-hybridized carbons (Fsp3) is 0.389. The number of carbonyl (C=O) groups excluding carboxylic acids is 1. The molecule has 0 radical (unpaired) electrons. The number of carbonyl (C=O) groups is 1. The predicted octanol–water partition coefficient (Wildman–Crippen LogP) is 1.40. The van der Waals surface area contributed by atoms with Crippen molar-refractivity contribution in [2.24, 2.45) is 0 Å². The van der Waals surface area contributed by atoms with Crippen molar-refractivity contribution in [3.8, 4) is 11.5 Å². The molecule has 0 unspecified atom stereocenters. The summed E-state index contributed by atoms with van der Waals surface area (Å²) in [5.41, 5.74) is 0. The van der Waals surface area contributed by atoms with Gasteiger partial charge in [-0.1, -0.05) is 12.1 Å². The second-order valence-electron chi connectivity index (χ2n) is 6.18. The lowest BCUT2D eigenvalue weighted by Gasteiger charge is -2.33. The highest BCUT2D eigenvalue weighted by Gasteiger charge is 2.30. The summed E-state index contributed by atoms with van der Waals surface area (Å²) >= 11 is 0. The molecule has 0 saturated carbocycles. The van der Waals surface area contributed by atoms with E-state index in [1.54, 1.807) is 18.5 Å². The normalized spacial score (nSPS) is 20.2. The number of anilines is 1. The van der Waals surface area contributed by atoms with Crippen molar-refractivity contribution in [1.82, 2.24) is 15.3 Å². The van der Waals surface area contributed by atoms with E-state index >= 15 is 0 Å². The summed E-state index contributed by atoms with van der Waals surface area (Å²) in [5, 5.41) is 3.08. The lowest BCUT2D eigenvalue weighted by atomic mass is 10.0. The average Bonchev–Trinajstić information content (AvgIpc) is 2.69. The predicted molar refractivity (Wildman–Crippen MR) is 91.8 cm³/mol. The molecular weight excluding hydrogens is 320 g/mol. The van der Waals surface area contributed by atoms with Gasteiger partial charge in [0.05, 0.1) is 0 Å². The van der Waals surface area contributed by atoms with Gasteiger partial charge in [-0.3, -0.25) is 4.79 Å². The summed E-state index contributed by atoms with van der Waals surface area (Å²) in [6.45, 7) is 1.87. The van der Waals surface area contributed by atoms with Gasteiger partial charge in [-0.15, -0.1) is 0 Å². The highest BCUT2D eigenvalue weighted by Crippen LogP contribution is 2.31. The summed E-state index contributed by atoms with van der Waals surface area (Å²) in [5.74, 6) is 1.92. The topological polar surface area (TPSA) is 76.6 Å². The molecule has 1 atom stereocenters. The molecule has 1 aromatic heterocycles. The minimum absolute atomic E-state index is 0.121. The highest BCUT2D eigenvalue weighted by molar-refractivity contribution is 5.82. The highest BCUT2D eigenvalue weighted by atomic mass is 16.6. The Bertz CT molecular complexity index is 732. The van der Waals surface area contributed by atoms with Crippen LogP contribution in [0.3, 0.4) is 0 Å². The fourth-order valence-electron chi connectivity index (χ4n) is 3.12. The molecule has 130 valence electrons. The number of aromatic nitrogens is 2. The quantitative estimate of drug-likeness (QED) is 0.910. The Morgan fingerprint density at radius 1 is 1.08 bits per heavy atom. The molecule has 1 saturated heterocycles. The molecule has 25 heavy (non-hydrogen) atoms. The van der Waals surface area contributed by atoms with Crippen LogP contribution in [0.25, 0.3) is 0 Å². The molecule has 2 aliphatic rings. The number of rotatable bonds is 3. The van der Waals surface area contributed by atoms with E-state index < -0.39 is 6.10 Å². The number of hydrogen-bond donors (Lipinski definition) is 1. The number of nitrogens with one attached hydrogen (secondary N) is 1. The molecule has 7 nitrogen and oxygen atoms in total. The number of piperidine rings is 1. The third-order valence-corrected chi connectivity index (χ3v) is 4.48.